The summed E-state index contributed by atoms with van der Waals surface area (Å²) in [5.74, 6) is 0.782. The molecule has 0 aromatic carbocycles. The summed E-state index contributed by atoms with van der Waals surface area (Å²) in [7, 11) is 1.74. The summed E-state index contributed by atoms with van der Waals surface area (Å²) in [6.45, 7) is 0.539. The van der Waals surface area contributed by atoms with Crippen LogP contribution in [-0.2, 0) is 13.2 Å². The highest BCUT2D eigenvalue weighted by Crippen LogP contribution is 2.32. The van der Waals surface area contributed by atoms with Crippen molar-refractivity contribution in [2.45, 2.75) is 24.6 Å². The van der Waals surface area contributed by atoms with Crippen LogP contribution in [0.1, 0.15) is 18.5 Å². The van der Waals surface area contributed by atoms with Crippen molar-refractivity contribution in [1.29, 1.82) is 0 Å². The quantitative estimate of drug-likeness (QED) is 0.626. The van der Waals surface area contributed by atoms with Crippen molar-refractivity contribution in [3.05, 3.63) is 30.2 Å². The zero-order chi connectivity index (χ0) is 19.2. The number of rotatable bonds is 5. The van der Waals surface area contributed by atoms with E-state index in [0.717, 1.165) is 25.1 Å². The van der Waals surface area contributed by atoms with Crippen molar-refractivity contribution >= 4 is 28.5 Å². The van der Waals surface area contributed by atoms with Crippen molar-refractivity contribution in [3.63, 3.8) is 0 Å². The zero-order valence-corrected chi connectivity index (χ0v) is 14.4. The summed E-state index contributed by atoms with van der Waals surface area (Å²) in [5.41, 5.74) is 5.84. The first kappa shape index (κ1) is 17.5. The van der Waals surface area contributed by atoms with Crippen LogP contribution in [0.4, 0.5) is 30.6 Å². The van der Waals surface area contributed by atoms with Crippen LogP contribution in [-0.4, -0.2) is 36.8 Å². The largest absolute Gasteiger partial charge is 0.433 e. The van der Waals surface area contributed by atoms with E-state index in [9.17, 15) is 13.2 Å². The molecule has 0 unspecified atom stereocenters. The van der Waals surface area contributed by atoms with Crippen molar-refractivity contribution in [2.24, 2.45) is 12.8 Å². The van der Waals surface area contributed by atoms with Crippen LogP contribution in [0.25, 0.3) is 11.0 Å². The third kappa shape index (κ3) is 3.63. The van der Waals surface area contributed by atoms with Gasteiger partial charge in [0.1, 0.15) is 11.5 Å². The molecule has 0 bridgehead atoms. The Kier molecular flexibility index (Phi) is 3.91. The van der Waals surface area contributed by atoms with E-state index >= 15 is 0 Å². The molecule has 0 aliphatic heterocycles. The van der Waals surface area contributed by atoms with E-state index < -0.39 is 11.9 Å². The van der Waals surface area contributed by atoms with Gasteiger partial charge in [-0.1, -0.05) is 0 Å². The Balaban J connectivity index is 1.63. The number of nitrogens with zero attached hydrogens (tertiary/aromatic N) is 5. The third-order valence-corrected chi connectivity index (χ3v) is 4.40. The van der Waals surface area contributed by atoms with Gasteiger partial charge < -0.3 is 16.4 Å². The van der Waals surface area contributed by atoms with E-state index in [-0.39, 0.29) is 5.54 Å². The van der Waals surface area contributed by atoms with E-state index in [2.05, 4.69) is 30.7 Å². The number of aromatic nitrogens is 5. The highest BCUT2D eigenvalue weighted by atomic mass is 19.4. The van der Waals surface area contributed by atoms with Gasteiger partial charge in [-0.05, 0) is 25.0 Å². The summed E-state index contributed by atoms with van der Waals surface area (Å²) < 4.78 is 39.6. The number of pyridine rings is 1. The van der Waals surface area contributed by atoms with Gasteiger partial charge in [-0.15, -0.1) is 0 Å². The molecule has 8 nitrogen and oxygen atoms in total. The van der Waals surface area contributed by atoms with Gasteiger partial charge in [0.25, 0.3) is 0 Å². The molecule has 3 heterocycles. The molecule has 0 amide bonds. The van der Waals surface area contributed by atoms with Crippen LogP contribution >= 0.6 is 0 Å². The Bertz CT molecular complexity index is 976. The minimum Gasteiger partial charge on any atom is -0.352 e. The van der Waals surface area contributed by atoms with Crippen molar-refractivity contribution in [2.75, 3.05) is 17.2 Å². The molecule has 0 saturated heterocycles. The van der Waals surface area contributed by atoms with Crippen LogP contribution in [0.5, 0.6) is 0 Å². The van der Waals surface area contributed by atoms with Gasteiger partial charge in [0, 0.05) is 19.1 Å². The fourth-order valence-corrected chi connectivity index (χ4v) is 2.56. The fourth-order valence-electron chi connectivity index (χ4n) is 2.56. The van der Waals surface area contributed by atoms with Gasteiger partial charge >= 0.3 is 6.18 Å². The minimum atomic E-state index is -4.48. The van der Waals surface area contributed by atoms with Gasteiger partial charge in [0.05, 0.1) is 23.5 Å². The van der Waals surface area contributed by atoms with Crippen LogP contribution in [0.3, 0.4) is 0 Å². The molecule has 27 heavy (non-hydrogen) atoms. The lowest BCUT2D eigenvalue weighted by Crippen LogP contribution is -2.31. The molecule has 1 aliphatic carbocycles. The first-order valence-corrected chi connectivity index (χ1v) is 8.26. The Labute approximate surface area is 152 Å². The standard InChI is InChI=1S/C16H17F3N8/c1-27-13-10(7-23-27)12(25-14(26-13)22-8-15(20)4-5-15)24-9-2-3-11(21-6-9)16(17,18)19/h2-3,6-7H,4-5,8,20H2,1H3,(H2,22,24,25,26). The maximum absolute atomic E-state index is 12.7. The summed E-state index contributed by atoms with van der Waals surface area (Å²) in [4.78, 5) is 12.3. The van der Waals surface area contributed by atoms with Gasteiger partial charge in [-0.2, -0.15) is 28.2 Å². The van der Waals surface area contributed by atoms with E-state index in [0.29, 0.717) is 35.0 Å². The average molecular weight is 378 g/mol. The average Bonchev–Trinajstić information content (AvgIpc) is 3.24. The number of hydrogen-bond acceptors (Lipinski definition) is 7. The molecule has 0 spiro atoms. The molecule has 4 rings (SSSR count). The summed E-state index contributed by atoms with van der Waals surface area (Å²) in [6, 6.07) is 2.21. The van der Waals surface area contributed by atoms with Crippen molar-refractivity contribution in [1.82, 2.24) is 24.7 Å². The van der Waals surface area contributed by atoms with E-state index in [1.807, 2.05) is 0 Å². The molecule has 142 valence electrons. The highest BCUT2D eigenvalue weighted by molar-refractivity contribution is 5.89. The molecule has 1 aliphatic rings. The van der Waals surface area contributed by atoms with Crippen LogP contribution in [0.2, 0.25) is 0 Å². The second-order valence-corrected chi connectivity index (χ2v) is 6.67. The second-order valence-electron chi connectivity index (χ2n) is 6.67. The van der Waals surface area contributed by atoms with Crippen molar-refractivity contribution in [3.8, 4) is 0 Å². The molecule has 0 atom stereocenters. The Morgan fingerprint density at radius 3 is 2.63 bits per heavy atom. The van der Waals surface area contributed by atoms with E-state index in [4.69, 9.17) is 5.73 Å². The number of fused-ring (bicyclic) bond motifs is 1. The molecule has 1 saturated carbocycles. The predicted molar refractivity (Wildman–Crippen MR) is 93.5 cm³/mol. The normalized spacial score (nSPS) is 15.7. The number of aryl methyl sites for hydroxylation is 1. The molecule has 3 aromatic heterocycles. The molecule has 0 radical (unpaired) electrons. The Morgan fingerprint density at radius 2 is 2.00 bits per heavy atom. The molecule has 4 N–H and O–H groups in total. The second kappa shape index (κ2) is 6.05. The van der Waals surface area contributed by atoms with Crippen LogP contribution in [0.15, 0.2) is 24.5 Å². The van der Waals surface area contributed by atoms with Gasteiger partial charge in [0.15, 0.2) is 5.65 Å². The number of alkyl halides is 3. The van der Waals surface area contributed by atoms with E-state index in [1.165, 1.54) is 6.07 Å². The molecule has 11 heteroatoms. The summed E-state index contributed by atoms with van der Waals surface area (Å²) in [5, 5.41) is 10.9. The Hall–Kier alpha value is -2.95. The number of anilines is 3. The first-order chi connectivity index (χ1) is 12.7. The summed E-state index contributed by atoms with van der Waals surface area (Å²) >= 11 is 0. The predicted octanol–water partition coefficient (Wildman–Crippen LogP) is 2.42. The van der Waals surface area contributed by atoms with E-state index in [1.54, 1.807) is 17.9 Å². The monoisotopic (exact) mass is 378 g/mol. The van der Waals surface area contributed by atoms with Crippen molar-refractivity contribution < 1.29 is 13.2 Å². The maximum Gasteiger partial charge on any atom is 0.433 e. The summed E-state index contributed by atoms with van der Waals surface area (Å²) in [6.07, 6.45) is 0.0955. The molecule has 3 aromatic rings. The van der Waals surface area contributed by atoms with Crippen LogP contribution < -0.4 is 16.4 Å². The van der Waals surface area contributed by atoms with Crippen LogP contribution in [0, 0.1) is 0 Å². The van der Waals surface area contributed by atoms with Gasteiger partial charge in [0.2, 0.25) is 5.95 Å². The molecular formula is C16H17F3N8. The number of nitrogens with two attached hydrogens (primary N) is 1. The first-order valence-electron chi connectivity index (χ1n) is 8.26. The number of hydrogen-bond donors (Lipinski definition) is 3. The molecular weight excluding hydrogens is 361 g/mol. The highest BCUT2D eigenvalue weighted by Gasteiger charge is 2.38. The smallest absolute Gasteiger partial charge is 0.352 e. The number of nitrogens with one attached hydrogen (secondary N) is 2. The van der Waals surface area contributed by atoms with Gasteiger partial charge in [-0.3, -0.25) is 4.68 Å². The Morgan fingerprint density at radius 1 is 1.22 bits per heavy atom. The lowest BCUT2D eigenvalue weighted by atomic mass is 10.3. The minimum absolute atomic E-state index is 0.226. The molecule has 1 fully saturated rings. The SMILES string of the molecule is Cn1ncc2c(Nc3ccc(C(F)(F)F)nc3)nc(NCC3(N)CC3)nc21. The zero-order valence-electron chi connectivity index (χ0n) is 14.4. The van der Waals surface area contributed by atoms with Gasteiger partial charge in [-0.25, -0.2) is 4.98 Å². The topological polar surface area (TPSA) is 107 Å². The third-order valence-electron chi connectivity index (χ3n) is 4.40. The maximum atomic E-state index is 12.7. The lowest BCUT2D eigenvalue weighted by molar-refractivity contribution is -0.141. The number of halogens is 3. The fraction of sp³-hybridized carbons (Fsp3) is 0.375. The lowest BCUT2D eigenvalue weighted by Gasteiger charge is -2.13.